The summed E-state index contributed by atoms with van der Waals surface area (Å²) in [7, 11) is 0. The summed E-state index contributed by atoms with van der Waals surface area (Å²) in [5.41, 5.74) is 3.13. The first-order chi connectivity index (χ1) is 14.5. The van der Waals surface area contributed by atoms with E-state index in [9.17, 15) is 9.18 Å². The topological polar surface area (TPSA) is 29.5 Å². The van der Waals surface area contributed by atoms with Crippen molar-refractivity contribution < 1.29 is 13.9 Å². The predicted octanol–water partition coefficient (Wildman–Crippen LogP) is 6.12. The van der Waals surface area contributed by atoms with Crippen LogP contribution in [0.25, 0.3) is 6.08 Å². The highest BCUT2D eigenvalue weighted by molar-refractivity contribution is 8.27. The molecular weight excluding hydrogens is 417 g/mol. The van der Waals surface area contributed by atoms with E-state index >= 15 is 0 Å². The van der Waals surface area contributed by atoms with Gasteiger partial charge in [-0.25, -0.2) is 4.39 Å². The Morgan fingerprint density at radius 1 is 1.07 bits per heavy atom. The summed E-state index contributed by atoms with van der Waals surface area (Å²) in [5.74, 6) is 0.155. The monoisotopic (exact) mass is 435 g/mol. The Morgan fingerprint density at radius 3 is 2.67 bits per heavy atom. The van der Waals surface area contributed by atoms with Crippen molar-refractivity contribution in [2.45, 2.75) is 13.5 Å². The second-order valence-corrected chi connectivity index (χ2v) is 8.48. The summed E-state index contributed by atoms with van der Waals surface area (Å²) in [6.07, 6.45) is 1.80. The van der Waals surface area contributed by atoms with Crippen LogP contribution in [0.3, 0.4) is 0 Å². The Balaban J connectivity index is 1.52. The van der Waals surface area contributed by atoms with Crippen molar-refractivity contribution in [3.05, 3.63) is 100 Å². The minimum Gasteiger partial charge on any atom is -0.489 e. The molecule has 1 aliphatic heterocycles. The molecule has 0 spiro atoms. The maximum atomic E-state index is 13.8. The summed E-state index contributed by atoms with van der Waals surface area (Å²) in [4.78, 5) is 15.0. The summed E-state index contributed by atoms with van der Waals surface area (Å²) in [5, 5.41) is 0. The van der Waals surface area contributed by atoms with Crippen LogP contribution in [0.2, 0.25) is 0 Å². The van der Waals surface area contributed by atoms with Gasteiger partial charge in [-0.1, -0.05) is 66.4 Å². The van der Waals surface area contributed by atoms with Crippen LogP contribution in [-0.4, -0.2) is 10.2 Å². The van der Waals surface area contributed by atoms with Crippen LogP contribution in [0, 0.1) is 12.7 Å². The van der Waals surface area contributed by atoms with E-state index in [0.29, 0.717) is 20.5 Å². The van der Waals surface area contributed by atoms with Crippen molar-refractivity contribution in [1.29, 1.82) is 0 Å². The highest BCUT2D eigenvalue weighted by Gasteiger charge is 2.33. The van der Waals surface area contributed by atoms with Gasteiger partial charge >= 0.3 is 0 Å². The van der Waals surface area contributed by atoms with E-state index in [1.807, 2.05) is 49.4 Å². The van der Waals surface area contributed by atoms with E-state index in [4.69, 9.17) is 17.0 Å². The Kier molecular flexibility index (Phi) is 5.97. The molecule has 0 saturated carbocycles. The SMILES string of the molecule is Cc1cccc(N2C(=O)C(=Cc3cccc(OCc4ccccc4F)c3)SC2=S)c1. The van der Waals surface area contributed by atoms with Gasteiger partial charge in [0.15, 0.2) is 4.32 Å². The van der Waals surface area contributed by atoms with Crippen LogP contribution in [0.15, 0.2) is 77.7 Å². The number of anilines is 1. The molecule has 1 aliphatic rings. The van der Waals surface area contributed by atoms with Crippen LogP contribution in [0.5, 0.6) is 5.75 Å². The van der Waals surface area contributed by atoms with Gasteiger partial charge in [-0.15, -0.1) is 0 Å². The molecule has 1 amide bonds. The van der Waals surface area contributed by atoms with Gasteiger partial charge in [0, 0.05) is 5.56 Å². The number of thiocarbonyl (C=S) groups is 1. The van der Waals surface area contributed by atoms with E-state index in [-0.39, 0.29) is 18.3 Å². The van der Waals surface area contributed by atoms with Crippen LogP contribution in [0.4, 0.5) is 10.1 Å². The number of rotatable bonds is 5. The first-order valence-corrected chi connectivity index (χ1v) is 10.5. The van der Waals surface area contributed by atoms with Gasteiger partial charge < -0.3 is 4.74 Å². The first-order valence-electron chi connectivity index (χ1n) is 9.32. The van der Waals surface area contributed by atoms with Gasteiger partial charge in [0.25, 0.3) is 5.91 Å². The second kappa shape index (κ2) is 8.81. The fourth-order valence-corrected chi connectivity index (χ4v) is 4.38. The zero-order valence-corrected chi connectivity index (χ0v) is 17.8. The number of carbonyl (C=O) groups excluding carboxylic acids is 1. The number of thioether (sulfide) groups is 1. The van der Waals surface area contributed by atoms with Crippen molar-refractivity contribution in [3.8, 4) is 5.75 Å². The molecule has 0 atom stereocenters. The fraction of sp³-hybridized carbons (Fsp3) is 0.0833. The molecule has 1 saturated heterocycles. The number of amides is 1. The molecule has 0 unspecified atom stereocenters. The average molecular weight is 436 g/mol. The first kappa shape index (κ1) is 20.3. The van der Waals surface area contributed by atoms with Gasteiger partial charge in [-0.3, -0.25) is 9.69 Å². The predicted molar refractivity (Wildman–Crippen MR) is 124 cm³/mol. The van der Waals surface area contributed by atoms with Crippen LogP contribution in [0.1, 0.15) is 16.7 Å². The quantitative estimate of drug-likeness (QED) is 0.357. The van der Waals surface area contributed by atoms with Crippen molar-refractivity contribution in [3.63, 3.8) is 0 Å². The highest BCUT2D eigenvalue weighted by atomic mass is 32.2. The smallest absolute Gasteiger partial charge is 0.270 e. The van der Waals surface area contributed by atoms with Gasteiger partial charge in [0.05, 0.1) is 10.6 Å². The molecule has 0 bridgehead atoms. The van der Waals surface area contributed by atoms with Crippen molar-refractivity contribution in [2.24, 2.45) is 0 Å². The van der Waals surface area contributed by atoms with E-state index in [1.54, 1.807) is 35.2 Å². The lowest BCUT2D eigenvalue weighted by Crippen LogP contribution is -2.27. The average Bonchev–Trinajstić information content (AvgIpc) is 3.00. The molecule has 1 fully saturated rings. The Bertz CT molecular complexity index is 1160. The lowest BCUT2D eigenvalue weighted by Gasteiger charge is -2.14. The zero-order valence-electron chi connectivity index (χ0n) is 16.2. The summed E-state index contributed by atoms with van der Waals surface area (Å²) >= 11 is 6.71. The molecule has 1 heterocycles. The van der Waals surface area contributed by atoms with Crippen molar-refractivity contribution >= 4 is 46.0 Å². The third-order valence-electron chi connectivity index (χ3n) is 4.56. The number of carbonyl (C=O) groups is 1. The second-order valence-electron chi connectivity index (χ2n) is 6.81. The minimum absolute atomic E-state index is 0.131. The number of aryl methyl sites for hydroxylation is 1. The van der Waals surface area contributed by atoms with Crippen LogP contribution < -0.4 is 9.64 Å². The van der Waals surface area contributed by atoms with E-state index in [2.05, 4.69) is 0 Å². The number of benzene rings is 3. The maximum absolute atomic E-state index is 13.8. The summed E-state index contributed by atoms with van der Waals surface area (Å²) < 4.78 is 20.0. The lowest BCUT2D eigenvalue weighted by molar-refractivity contribution is -0.113. The van der Waals surface area contributed by atoms with E-state index in [0.717, 1.165) is 16.8 Å². The van der Waals surface area contributed by atoms with Gasteiger partial charge in [0.1, 0.15) is 18.2 Å². The third kappa shape index (κ3) is 4.45. The third-order valence-corrected chi connectivity index (χ3v) is 5.86. The molecule has 0 N–H and O–H groups in total. The fourth-order valence-electron chi connectivity index (χ4n) is 3.08. The Labute approximate surface area is 184 Å². The minimum atomic E-state index is -0.298. The largest absolute Gasteiger partial charge is 0.489 e. The maximum Gasteiger partial charge on any atom is 0.270 e. The molecule has 0 aromatic heterocycles. The number of ether oxygens (including phenoxy) is 1. The Morgan fingerprint density at radius 2 is 1.87 bits per heavy atom. The molecular formula is C24H18FNO2S2. The molecule has 6 heteroatoms. The van der Waals surface area contributed by atoms with E-state index in [1.165, 1.54) is 17.8 Å². The molecule has 3 aromatic carbocycles. The van der Waals surface area contributed by atoms with Crippen molar-refractivity contribution in [2.75, 3.05) is 4.90 Å². The molecule has 3 aromatic rings. The number of nitrogens with zero attached hydrogens (tertiary/aromatic N) is 1. The molecule has 30 heavy (non-hydrogen) atoms. The Hall–Kier alpha value is -2.96. The number of hydrogen-bond donors (Lipinski definition) is 0. The van der Waals surface area contributed by atoms with Crippen LogP contribution in [-0.2, 0) is 11.4 Å². The van der Waals surface area contributed by atoms with Gasteiger partial charge in [0.2, 0.25) is 0 Å². The molecule has 4 rings (SSSR count). The summed E-state index contributed by atoms with van der Waals surface area (Å²) in [6.45, 7) is 2.11. The van der Waals surface area contributed by atoms with Crippen molar-refractivity contribution in [1.82, 2.24) is 0 Å². The molecule has 0 aliphatic carbocycles. The summed E-state index contributed by atoms with van der Waals surface area (Å²) in [6, 6.07) is 21.5. The van der Waals surface area contributed by atoms with Gasteiger partial charge in [-0.05, 0) is 54.5 Å². The zero-order chi connectivity index (χ0) is 21.1. The lowest BCUT2D eigenvalue weighted by atomic mass is 10.2. The highest BCUT2D eigenvalue weighted by Crippen LogP contribution is 2.36. The van der Waals surface area contributed by atoms with Gasteiger partial charge in [-0.2, -0.15) is 0 Å². The van der Waals surface area contributed by atoms with Crippen LogP contribution >= 0.6 is 24.0 Å². The number of hydrogen-bond acceptors (Lipinski definition) is 4. The molecule has 150 valence electrons. The molecule has 3 nitrogen and oxygen atoms in total. The molecule has 0 radical (unpaired) electrons. The normalized spacial score (nSPS) is 15.1. The van der Waals surface area contributed by atoms with E-state index < -0.39 is 0 Å². The number of halogens is 1. The standard InChI is InChI=1S/C24H18FNO2S2/c1-16-6-4-9-19(12-16)26-23(27)22(30-24(26)29)14-17-7-5-10-20(13-17)28-15-18-8-2-3-11-21(18)25/h2-14H,15H2,1H3.